The molecule has 10 rings (SSSR count). The van der Waals surface area contributed by atoms with Crippen molar-refractivity contribution in [2.45, 2.75) is 57.9 Å². The maximum Gasteiger partial charge on any atom is 0.196 e. The third-order valence-corrected chi connectivity index (χ3v) is 14.3. The summed E-state index contributed by atoms with van der Waals surface area (Å²) in [5.74, 6) is 4.94. The molecule has 1 aliphatic carbocycles. The number of ether oxygens (including phenoxy) is 2. The number of aryl methyl sites for hydroxylation is 3. The van der Waals surface area contributed by atoms with Crippen LogP contribution in [0.15, 0.2) is 119 Å². The Morgan fingerprint density at radius 1 is 0.794 bits per heavy atom. The molecule has 0 amide bonds. The zero-order valence-corrected chi connectivity index (χ0v) is 36.9. The molecule has 3 aromatic heterocycles. The molecule has 0 unspecified atom stereocenters. The predicted molar refractivity (Wildman–Crippen MR) is 246 cm³/mol. The van der Waals surface area contributed by atoms with Crippen molar-refractivity contribution < 1.29 is 19.0 Å². The smallest absolute Gasteiger partial charge is 0.196 e. The number of oxazole rings is 1. The van der Waals surface area contributed by atoms with Gasteiger partial charge in [0.1, 0.15) is 53.6 Å². The fraction of sp³-hybridized carbons (Fsp3) is 0.333. The van der Waals surface area contributed by atoms with Crippen LogP contribution in [0, 0.1) is 20.8 Å². The number of aromatic hydroxyl groups is 1. The summed E-state index contributed by atoms with van der Waals surface area (Å²) in [7, 11) is 0. The summed E-state index contributed by atoms with van der Waals surface area (Å²) in [6, 6.07) is 33.5. The monoisotopic (exact) mass is 859 g/mol. The topological polar surface area (TPSA) is 114 Å². The van der Waals surface area contributed by atoms with Crippen molar-refractivity contribution in [3.8, 4) is 22.2 Å². The number of rotatable bonds is 13. The van der Waals surface area contributed by atoms with E-state index in [1.807, 2.05) is 19.1 Å². The van der Waals surface area contributed by atoms with E-state index in [1.54, 1.807) is 23.8 Å². The molecule has 11 nitrogen and oxygen atoms in total. The fourth-order valence-corrected chi connectivity index (χ4v) is 10.8. The highest BCUT2D eigenvalue weighted by atomic mass is 32.1. The summed E-state index contributed by atoms with van der Waals surface area (Å²) in [4.78, 5) is 16.0. The molecule has 1 N–H and O–H groups in total. The van der Waals surface area contributed by atoms with Gasteiger partial charge < -0.3 is 19.0 Å². The Kier molecular flexibility index (Phi) is 11.7. The number of nitrogens with zero attached hydrogens (tertiary/aromatic N) is 7. The van der Waals surface area contributed by atoms with E-state index < -0.39 is 0 Å². The highest BCUT2D eigenvalue weighted by Gasteiger charge is 2.34. The molecular formula is C51H53N7O4S. The van der Waals surface area contributed by atoms with Gasteiger partial charge in [-0.25, -0.2) is 4.98 Å². The van der Waals surface area contributed by atoms with Crippen LogP contribution in [0.3, 0.4) is 0 Å². The van der Waals surface area contributed by atoms with Gasteiger partial charge >= 0.3 is 0 Å². The first-order valence-corrected chi connectivity index (χ1v) is 22.9. The van der Waals surface area contributed by atoms with E-state index in [1.165, 1.54) is 32.7 Å². The number of phenolic OH excluding ortho intramolecular Hbond substituents is 1. The zero-order chi connectivity index (χ0) is 42.9. The van der Waals surface area contributed by atoms with Crippen molar-refractivity contribution in [2.24, 2.45) is 4.99 Å². The highest BCUT2D eigenvalue weighted by molar-refractivity contribution is 7.15. The van der Waals surface area contributed by atoms with E-state index in [-0.39, 0.29) is 12.0 Å². The number of hydrogen-bond acceptors (Lipinski definition) is 11. The lowest BCUT2D eigenvalue weighted by molar-refractivity contribution is 0.105. The lowest BCUT2D eigenvalue weighted by Gasteiger charge is -2.35. The molecule has 7 aromatic rings. The maximum atomic E-state index is 10.2. The van der Waals surface area contributed by atoms with Gasteiger partial charge in [-0.3, -0.25) is 19.4 Å². The molecule has 5 heterocycles. The van der Waals surface area contributed by atoms with Gasteiger partial charge in [0.15, 0.2) is 11.7 Å². The number of benzene rings is 4. The lowest BCUT2D eigenvalue weighted by Crippen LogP contribution is -2.48. The standard InChI is InChI=1S/C51H53N7O4S/c1-33-34(2)63-51-47(33)49(53-45(32-46-52-21-28-62-46)50-55-54-35(3)58(50)51)38-11-17-42(18-12-38)61-30-27-57-24-22-56(23-25-57)26-29-60-41-15-9-37(10-16-41)48-43(36-7-5-4-6-8-36)19-13-39-31-40(59)14-20-44(39)48/h4-12,14-18,20-21,28,31,43,45,48,59H,13,19,22-27,29-30,32H2,1-3H3/t43-,45+,48+/m1/s1. The second-order valence-electron chi connectivity index (χ2n) is 16.9. The third kappa shape index (κ3) is 8.55. The molecule has 3 atom stereocenters. The van der Waals surface area contributed by atoms with Gasteiger partial charge in [-0.15, -0.1) is 21.5 Å². The Labute approximate surface area is 372 Å². The third-order valence-electron chi connectivity index (χ3n) is 13.1. The van der Waals surface area contributed by atoms with Gasteiger partial charge in [0.2, 0.25) is 0 Å². The first-order chi connectivity index (χ1) is 30.9. The maximum absolute atomic E-state index is 10.2. The quantitative estimate of drug-likeness (QED) is 0.121. The number of piperazine rings is 1. The highest BCUT2D eigenvalue weighted by Crippen LogP contribution is 2.47. The first kappa shape index (κ1) is 41.0. The fourth-order valence-electron chi connectivity index (χ4n) is 9.62. The molecule has 1 fully saturated rings. The molecule has 2 aliphatic heterocycles. The van der Waals surface area contributed by atoms with Crippen molar-refractivity contribution in [3.63, 3.8) is 0 Å². The van der Waals surface area contributed by atoms with E-state index in [0.29, 0.717) is 37.2 Å². The molecule has 0 radical (unpaired) electrons. The normalized spacial score (nSPS) is 18.8. The summed E-state index contributed by atoms with van der Waals surface area (Å²) in [5, 5.41) is 20.4. The average Bonchev–Trinajstić information content (AvgIpc) is 4.02. The van der Waals surface area contributed by atoms with Gasteiger partial charge in [-0.2, -0.15) is 0 Å². The van der Waals surface area contributed by atoms with Crippen molar-refractivity contribution in [2.75, 3.05) is 52.5 Å². The van der Waals surface area contributed by atoms with Gasteiger partial charge in [-0.1, -0.05) is 48.5 Å². The average molecular weight is 860 g/mol. The number of phenols is 1. The Morgan fingerprint density at radius 3 is 2.17 bits per heavy atom. The molecular weight excluding hydrogens is 807 g/mol. The van der Waals surface area contributed by atoms with E-state index in [9.17, 15) is 5.11 Å². The lowest BCUT2D eigenvalue weighted by atomic mass is 9.69. The van der Waals surface area contributed by atoms with Crippen LogP contribution < -0.4 is 9.47 Å². The Balaban J connectivity index is 0.711. The van der Waals surface area contributed by atoms with Crippen molar-refractivity contribution in [1.29, 1.82) is 0 Å². The van der Waals surface area contributed by atoms with Crippen LogP contribution in [-0.2, 0) is 12.8 Å². The van der Waals surface area contributed by atoms with E-state index in [0.717, 1.165) is 97.1 Å². The van der Waals surface area contributed by atoms with Gasteiger partial charge in [-0.05, 0) is 116 Å². The minimum atomic E-state index is -0.307. The molecule has 12 heteroatoms. The van der Waals surface area contributed by atoms with Crippen LogP contribution in [0.2, 0.25) is 0 Å². The van der Waals surface area contributed by atoms with Crippen LogP contribution in [-0.4, -0.2) is 92.8 Å². The van der Waals surface area contributed by atoms with Crippen molar-refractivity contribution in [1.82, 2.24) is 29.5 Å². The Bertz CT molecular complexity index is 2680. The number of thiophene rings is 1. The van der Waals surface area contributed by atoms with Gasteiger partial charge in [0.25, 0.3) is 0 Å². The summed E-state index contributed by atoms with van der Waals surface area (Å²) in [6.07, 6.45) is 5.77. The van der Waals surface area contributed by atoms with E-state index >= 15 is 0 Å². The van der Waals surface area contributed by atoms with Gasteiger partial charge in [0, 0.05) is 61.2 Å². The molecule has 1 saturated heterocycles. The summed E-state index contributed by atoms with van der Waals surface area (Å²) < 4.78 is 20.4. The molecule has 322 valence electrons. The van der Waals surface area contributed by atoms with Crippen LogP contribution in [0.1, 0.15) is 85.7 Å². The van der Waals surface area contributed by atoms with E-state index in [2.05, 4.69) is 128 Å². The number of fused-ring (bicyclic) bond motifs is 4. The zero-order valence-electron chi connectivity index (χ0n) is 36.1. The first-order valence-electron chi connectivity index (χ1n) is 22.1. The van der Waals surface area contributed by atoms with Crippen LogP contribution >= 0.6 is 11.3 Å². The summed E-state index contributed by atoms with van der Waals surface area (Å²) in [6.45, 7) is 13.4. The molecule has 3 aliphatic rings. The van der Waals surface area contributed by atoms with Crippen LogP contribution in [0.25, 0.3) is 5.00 Å². The molecule has 63 heavy (non-hydrogen) atoms. The minimum Gasteiger partial charge on any atom is -0.508 e. The van der Waals surface area contributed by atoms with Crippen molar-refractivity contribution >= 4 is 17.0 Å². The van der Waals surface area contributed by atoms with Crippen LogP contribution in [0.4, 0.5) is 0 Å². The largest absolute Gasteiger partial charge is 0.508 e. The number of hydrogen-bond donors (Lipinski definition) is 1. The second kappa shape index (κ2) is 18.0. The van der Waals surface area contributed by atoms with Crippen LogP contribution in [0.5, 0.6) is 17.2 Å². The predicted octanol–water partition coefficient (Wildman–Crippen LogP) is 9.02. The Hall–Kier alpha value is -6.08. The van der Waals surface area contributed by atoms with E-state index in [4.69, 9.17) is 18.9 Å². The molecule has 0 spiro atoms. The Morgan fingerprint density at radius 2 is 1.49 bits per heavy atom. The number of aliphatic imine (C=N–C) groups is 1. The molecule has 4 aromatic carbocycles. The summed E-state index contributed by atoms with van der Waals surface area (Å²) >= 11 is 1.75. The number of aromatic nitrogens is 4. The summed E-state index contributed by atoms with van der Waals surface area (Å²) in [5.41, 5.74) is 9.49. The van der Waals surface area contributed by atoms with Gasteiger partial charge in [0.05, 0.1) is 18.3 Å². The molecule has 0 bridgehead atoms. The minimum absolute atomic E-state index is 0.227. The molecule has 0 saturated carbocycles. The SMILES string of the molecule is Cc1sc2c(c1C)C(c1ccc(OCCN3CCN(CCOc4ccc([C@@H]5c6ccc(O)cc6CC[C@@H]5c5ccccc5)cc4)CC3)cc1)=N[C@@H](Cc1ncco1)c1nnc(C)n1-2. The van der Waals surface area contributed by atoms with Crippen molar-refractivity contribution in [3.05, 3.63) is 171 Å². The second-order valence-corrected chi connectivity index (χ2v) is 18.1.